The van der Waals surface area contributed by atoms with Crippen LogP contribution in [0, 0.1) is 6.92 Å². The first-order valence-corrected chi connectivity index (χ1v) is 8.11. The van der Waals surface area contributed by atoms with E-state index in [1.807, 2.05) is 0 Å². The predicted octanol–water partition coefficient (Wildman–Crippen LogP) is 2.68. The summed E-state index contributed by atoms with van der Waals surface area (Å²) in [6.07, 6.45) is -4.41. The van der Waals surface area contributed by atoms with Crippen molar-refractivity contribution < 1.29 is 26.3 Å². The number of rotatable bonds is 6. The van der Waals surface area contributed by atoms with Gasteiger partial charge in [0.05, 0.1) is 15.3 Å². The van der Waals surface area contributed by atoms with Crippen LogP contribution in [0.5, 0.6) is 0 Å². The van der Waals surface area contributed by atoms with Crippen molar-refractivity contribution in [2.75, 3.05) is 19.8 Å². The van der Waals surface area contributed by atoms with Crippen molar-refractivity contribution in [3.8, 4) is 0 Å². The third-order valence-electron chi connectivity index (χ3n) is 1.94. The number of ether oxygens (including phenoxy) is 1. The molecule has 0 aromatic carbocycles. The minimum Gasteiger partial charge on any atom is -0.371 e. The largest absolute Gasteiger partial charge is 0.411 e. The molecule has 0 radical (unpaired) electrons. The molecule has 0 atom stereocenters. The number of nitrogens with one attached hydrogen (secondary N) is 1. The number of halogens is 4. The maximum atomic E-state index is 11.8. The Balaban J connectivity index is 2.47. The Morgan fingerprint density at radius 1 is 1.47 bits per heavy atom. The zero-order valence-corrected chi connectivity index (χ0v) is 13.0. The average molecular weight is 382 g/mol. The van der Waals surface area contributed by atoms with Crippen LogP contribution in [0.1, 0.15) is 4.88 Å². The van der Waals surface area contributed by atoms with Gasteiger partial charge in [0, 0.05) is 11.4 Å². The molecule has 1 heterocycles. The second-order valence-electron chi connectivity index (χ2n) is 3.54. The zero-order valence-electron chi connectivity index (χ0n) is 9.75. The molecule has 0 saturated heterocycles. The normalized spacial score (nSPS) is 12.9. The van der Waals surface area contributed by atoms with Gasteiger partial charge in [0.15, 0.2) is 0 Å². The maximum Gasteiger partial charge on any atom is 0.411 e. The molecule has 0 saturated carbocycles. The van der Waals surface area contributed by atoms with Crippen LogP contribution in [0.2, 0.25) is 0 Å². The lowest BCUT2D eigenvalue weighted by atomic mass is 10.5. The van der Waals surface area contributed by atoms with Gasteiger partial charge in [-0.25, -0.2) is 13.1 Å². The summed E-state index contributed by atoms with van der Waals surface area (Å²) in [6.45, 7) is -0.309. The average Bonchev–Trinajstić information content (AvgIpc) is 2.56. The van der Waals surface area contributed by atoms with Crippen molar-refractivity contribution >= 4 is 37.3 Å². The molecule has 1 aromatic heterocycles. The van der Waals surface area contributed by atoms with Gasteiger partial charge in [-0.3, -0.25) is 0 Å². The fraction of sp³-hybridized carbons (Fsp3) is 0.556. The molecule has 4 nitrogen and oxygen atoms in total. The molecule has 1 N–H and O–H groups in total. The Morgan fingerprint density at radius 3 is 2.58 bits per heavy atom. The summed E-state index contributed by atoms with van der Waals surface area (Å²) in [5.41, 5.74) is 0. The van der Waals surface area contributed by atoms with Gasteiger partial charge in [0.1, 0.15) is 6.61 Å². The standard InChI is InChI=1S/C9H11BrF3NO3S2/c1-6-7(4-8(10)18-6)19(15,16)14-2-3-17-5-9(11,12)13/h4,14H,2-3,5H2,1H3. The summed E-state index contributed by atoms with van der Waals surface area (Å²) < 4.78 is 66.1. The van der Waals surface area contributed by atoms with Crippen LogP contribution in [0.25, 0.3) is 0 Å². The molecule has 110 valence electrons. The van der Waals surface area contributed by atoms with E-state index in [-0.39, 0.29) is 18.0 Å². The summed E-state index contributed by atoms with van der Waals surface area (Å²) in [5, 5.41) is 0. The highest BCUT2D eigenvalue weighted by Crippen LogP contribution is 2.29. The molecule has 10 heteroatoms. The topological polar surface area (TPSA) is 55.4 Å². The Morgan fingerprint density at radius 2 is 2.11 bits per heavy atom. The van der Waals surface area contributed by atoms with E-state index in [1.165, 1.54) is 17.4 Å². The van der Waals surface area contributed by atoms with Crippen molar-refractivity contribution in [2.24, 2.45) is 0 Å². The minimum absolute atomic E-state index is 0.111. The van der Waals surface area contributed by atoms with Crippen molar-refractivity contribution in [3.05, 3.63) is 14.7 Å². The molecule has 0 unspecified atom stereocenters. The fourth-order valence-corrected chi connectivity index (χ4v) is 4.64. The first kappa shape index (κ1) is 16.9. The smallest absolute Gasteiger partial charge is 0.371 e. The molecule has 0 aliphatic heterocycles. The van der Waals surface area contributed by atoms with Crippen molar-refractivity contribution in [1.82, 2.24) is 4.72 Å². The van der Waals surface area contributed by atoms with E-state index in [9.17, 15) is 21.6 Å². The zero-order chi connectivity index (χ0) is 14.7. The van der Waals surface area contributed by atoms with Gasteiger partial charge in [-0.1, -0.05) is 0 Å². The molecule has 1 rings (SSSR count). The van der Waals surface area contributed by atoms with Crippen LogP contribution in [0.4, 0.5) is 13.2 Å². The summed E-state index contributed by atoms with van der Waals surface area (Å²) in [7, 11) is -3.72. The van der Waals surface area contributed by atoms with Crippen LogP contribution in [-0.4, -0.2) is 34.4 Å². The molecule has 19 heavy (non-hydrogen) atoms. The predicted molar refractivity (Wildman–Crippen MR) is 68.8 cm³/mol. The van der Waals surface area contributed by atoms with Crippen molar-refractivity contribution in [1.29, 1.82) is 0 Å². The van der Waals surface area contributed by atoms with Gasteiger partial charge in [-0.15, -0.1) is 11.3 Å². The number of alkyl halides is 3. The maximum absolute atomic E-state index is 11.8. The molecular formula is C9H11BrF3NO3S2. The second kappa shape index (κ2) is 6.53. The highest BCUT2D eigenvalue weighted by atomic mass is 79.9. The van der Waals surface area contributed by atoms with E-state index in [0.29, 0.717) is 8.66 Å². The monoisotopic (exact) mass is 381 g/mol. The highest BCUT2D eigenvalue weighted by molar-refractivity contribution is 9.11. The highest BCUT2D eigenvalue weighted by Gasteiger charge is 2.27. The van der Waals surface area contributed by atoms with E-state index in [2.05, 4.69) is 25.4 Å². The lowest BCUT2D eigenvalue weighted by Crippen LogP contribution is -2.29. The second-order valence-corrected chi connectivity index (χ2v) is 7.91. The van der Waals surface area contributed by atoms with Gasteiger partial charge in [0.2, 0.25) is 10.0 Å². The quantitative estimate of drug-likeness (QED) is 0.770. The van der Waals surface area contributed by atoms with E-state index in [1.54, 1.807) is 6.92 Å². The molecule has 0 bridgehead atoms. The number of sulfonamides is 1. The van der Waals surface area contributed by atoms with E-state index in [4.69, 9.17) is 0 Å². The van der Waals surface area contributed by atoms with Crippen LogP contribution >= 0.6 is 27.3 Å². The molecule has 0 fully saturated rings. The summed E-state index contributed by atoms with van der Waals surface area (Å²) in [5.74, 6) is 0. The first-order valence-electron chi connectivity index (χ1n) is 5.02. The fourth-order valence-electron chi connectivity index (χ4n) is 1.21. The Kier molecular flexibility index (Phi) is 5.80. The Labute approximate surface area is 121 Å². The van der Waals surface area contributed by atoms with E-state index in [0.717, 1.165) is 0 Å². The van der Waals surface area contributed by atoms with E-state index < -0.39 is 22.8 Å². The molecule has 0 aliphatic rings. The van der Waals surface area contributed by atoms with Crippen molar-refractivity contribution in [3.63, 3.8) is 0 Å². The molecule has 0 amide bonds. The summed E-state index contributed by atoms with van der Waals surface area (Å²) in [6, 6.07) is 1.44. The number of hydrogen-bond donors (Lipinski definition) is 1. The Hall–Kier alpha value is -0.160. The van der Waals surface area contributed by atoms with Crippen LogP contribution in [0.15, 0.2) is 14.7 Å². The molecule has 0 spiro atoms. The number of thiophene rings is 1. The van der Waals surface area contributed by atoms with Gasteiger partial charge < -0.3 is 4.74 Å². The third kappa shape index (κ3) is 5.78. The summed E-state index contributed by atoms with van der Waals surface area (Å²) in [4.78, 5) is 0.704. The van der Waals surface area contributed by atoms with Gasteiger partial charge in [-0.05, 0) is 28.9 Å². The SMILES string of the molecule is Cc1sc(Br)cc1S(=O)(=O)NCCOCC(F)(F)F. The van der Waals surface area contributed by atoms with Crippen molar-refractivity contribution in [2.45, 2.75) is 18.0 Å². The molecule has 0 aliphatic carbocycles. The van der Waals surface area contributed by atoms with Crippen LogP contribution in [0.3, 0.4) is 0 Å². The molecular weight excluding hydrogens is 371 g/mol. The first-order chi connectivity index (χ1) is 8.62. The van der Waals surface area contributed by atoms with Crippen LogP contribution in [-0.2, 0) is 14.8 Å². The summed E-state index contributed by atoms with van der Waals surface area (Å²) >= 11 is 4.43. The molecule has 1 aromatic rings. The van der Waals surface area contributed by atoms with Gasteiger partial charge >= 0.3 is 6.18 Å². The van der Waals surface area contributed by atoms with E-state index >= 15 is 0 Å². The van der Waals surface area contributed by atoms with Crippen LogP contribution < -0.4 is 4.72 Å². The minimum atomic E-state index is -4.41. The number of aryl methyl sites for hydroxylation is 1. The lowest BCUT2D eigenvalue weighted by molar-refractivity contribution is -0.173. The van der Waals surface area contributed by atoms with Gasteiger partial charge in [-0.2, -0.15) is 13.2 Å². The van der Waals surface area contributed by atoms with Gasteiger partial charge in [0.25, 0.3) is 0 Å². The lowest BCUT2D eigenvalue weighted by Gasteiger charge is -2.08. The number of hydrogen-bond acceptors (Lipinski definition) is 4. The third-order valence-corrected chi connectivity index (χ3v) is 5.21. The Bertz CT molecular complexity index is 527.